The summed E-state index contributed by atoms with van der Waals surface area (Å²) in [5.74, 6) is 0. The number of rotatable bonds is 4. The molecule has 0 fully saturated rings. The lowest BCUT2D eigenvalue weighted by Crippen LogP contribution is -2.03. The molecule has 0 aliphatic carbocycles. The first kappa shape index (κ1) is 10.0. The van der Waals surface area contributed by atoms with E-state index in [0.29, 0.717) is 0 Å². The summed E-state index contributed by atoms with van der Waals surface area (Å²) in [7, 11) is 0. The van der Waals surface area contributed by atoms with Crippen molar-refractivity contribution < 1.29 is 5.11 Å². The van der Waals surface area contributed by atoms with E-state index in [0.717, 1.165) is 12.8 Å². The Morgan fingerprint density at radius 1 is 1.31 bits per heavy atom. The molecular weight excluding hydrogens is 160 g/mol. The zero-order chi connectivity index (χ0) is 9.52. The molecule has 1 N–H and O–H groups in total. The highest BCUT2D eigenvalue weighted by molar-refractivity contribution is 5.14. The van der Waals surface area contributed by atoms with Crippen molar-refractivity contribution in [3.8, 4) is 0 Å². The third-order valence-corrected chi connectivity index (χ3v) is 1.99. The number of allylic oxidation sites excluding steroid dienone is 1. The maximum Gasteiger partial charge on any atom is 0.0724 e. The average Bonchev–Trinajstić information content (AvgIpc) is 2.17. The fraction of sp³-hybridized carbons (Fsp3) is 0.333. The van der Waals surface area contributed by atoms with E-state index in [-0.39, 0.29) is 6.10 Å². The molecule has 0 unspecified atom stereocenters. The SMILES string of the molecule is C/C=C/[C@H](O)CCc1ccccc1. The molecule has 1 nitrogen and oxygen atoms in total. The first-order valence-electron chi connectivity index (χ1n) is 4.67. The number of hydrogen-bond acceptors (Lipinski definition) is 1. The molecule has 0 radical (unpaired) electrons. The van der Waals surface area contributed by atoms with Crippen LogP contribution in [0.15, 0.2) is 42.5 Å². The van der Waals surface area contributed by atoms with E-state index in [2.05, 4.69) is 12.1 Å². The second-order valence-electron chi connectivity index (χ2n) is 3.12. The zero-order valence-corrected chi connectivity index (χ0v) is 7.98. The maximum absolute atomic E-state index is 9.42. The molecule has 1 rings (SSSR count). The zero-order valence-electron chi connectivity index (χ0n) is 7.98. The van der Waals surface area contributed by atoms with Crippen molar-refractivity contribution in [3.05, 3.63) is 48.0 Å². The largest absolute Gasteiger partial charge is 0.389 e. The molecule has 0 amide bonds. The molecule has 0 bridgehead atoms. The predicted molar refractivity (Wildman–Crippen MR) is 55.6 cm³/mol. The summed E-state index contributed by atoms with van der Waals surface area (Å²) in [5, 5.41) is 9.42. The van der Waals surface area contributed by atoms with Gasteiger partial charge in [0.1, 0.15) is 0 Å². The standard InChI is InChI=1S/C12H16O/c1-2-6-12(13)10-9-11-7-4-3-5-8-11/h2-8,12-13H,9-10H2,1H3/b6-2+/t12-/m0/s1. The third-order valence-electron chi connectivity index (χ3n) is 1.99. The van der Waals surface area contributed by atoms with Crippen LogP contribution in [0.2, 0.25) is 0 Å². The Bertz CT molecular complexity index is 251. The lowest BCUT2D eigenvalue weighted by Gasteiger charge is -2.04. The third kappa shape index (κ3) is 3.90. The molecule has 0 heterocycles. The van der Waals surface area contributed by atoms with Gasteiger partial charge in [-0.05, 0) is 25.3 Å². The van der Waals surface area contributed by atoms with Crippen LogP contribution in [0.5, 0.6) is 0 Å². The molecular formula is C12H16O. The number of aryl methyl sites for hydroxylation is 1. The highest BCUT2D eigenvalue weighted by Crippen LogP contribution is 2.05. The van der Waals surface area contributed by atoms with Gasteiger partial charge >= 0.3 is 0 Å². The lowest BCUT2D eigenvalue weighted by atomic mass is 10.1. The molecule has 0 spiro atoms. The number of benzene rings is 1. The smallest absolute Gasteiger partial charge is 0.0724 e. The van der Waals surface area contributed by atoms with E-state index in [1.165, 1.54) is 5.56 Å². The van der Waals surface area contributed by atoms with Crippen LogP contribution in [0.25, 0.3) is 0 Å². The molecule has 0 aliphatic heterocycles. The van der Waals surface area contributed by atoms with Gasteiger partial charge in [-0.25, -0.2) is 0 Å². The Balaban J connectivity index is 2.35. The van der Waals surface area contributed by atoms with Crippen LogP contribution in [0.3, 0.4) is 0 Å². The summed E-state index contributed by atoms with van der Waals surface area (Å²) < 4.78 is 0. The van der Waals surface area contributed by atoms with Crippen molar-refractivity contribution in [2.24, 2.45) is 0 Å². The first-order valence-corrected chi connectivity index (χ1v) is 4.67. The Labute approximate surface area is 79.7 Å². The van der Waals surface area contributed by atoms with Gasteiger partial charge in [0.2, 0.25) is 0 Å². The molecule has 1 atom stereocenters. The Morgan fingerprint density at radius 3 is 2.62 bits per heavy atom. The van der Waals surface area contributed by atoms with Crippen LogP contribution < -0.4 is 0 Å². The summed E-state index contributed by atoms with van der Waals surface area (Å²) in [6, 6.07) is 10.2. The molecule has 70 valence electrons. The van der Waals surface area contributed by atoms with Gasteiger partial charge in [-0.15, -0.1) is 0 Å². The van der Waals surface area contributed by atoms with Gasteiger partial charge in [0.05, 0.1) is 6.10 Å². The topological polar surface area (TPSA) is 20.2 Å². The minimum atomic E-state index is -0.301. The Kier molecular flexibility index (Phi) is 4.27. The summed E-state index contributed by atoms with van der Waals surface area (Å²) in [5.41, 5.74) is 1.28. The van der Waals surface area contributed by atoms with Crippen LogP contribution in [0.4, 0.5) is 0 Å². The number of aliphatic hydroxyl groups is 1. The van der Waals surface area contributed by atoms with E-state index in [4.69, 9.17) is 0 Å². The summed E-state index contributed by atoms with van der Waals surface area (Å²) in [6.45, 7) is 1.92. The summed E-state index contributed by atoms with van der Waals surface area (Å²) in [6.07, 6.45) is 5.14. The average molecular weight is 176 g/mol. The maximum atomic E-state index is 9.42. The fourth-order valence-electron chi connectivity index (χ4n) is 1.28. The first-order chi connectivity index (χ1) is 6.33. The van der Waals surface area contributed by atoms with E-state index in [1.807, 2.05) is 37.3 Å². The van der Waals surface area contributed by atoms with Crippen LogP contribution >= 0.6 is 0 Å². The van der Waals surface area contributed by atoms with Crippen LogP contribution in [-0.2, 0) is 6.42 Å². The van der Waals surface area contributed by atoms with Gasteiger partial charge in [0.25, 0.3) is 0 Å². The van der Waals surface area contributed by atoms with Gasteiger partial charge in [-0.3, -0.25) is 0 Å². The van der Waals surface area contributed by atoms with E-state index < -0.39 is 0 Å². The van der Waals surface area contributed by atoms with Crippen molar-refractivity contribution in [2.45, 2.75) is 25.9 Å². The van der Waals surface area contributed by atoms with Crippen LogP contribution in [-0.4, -0.2) is 11.2 Å². The van der Waals surface area contributed by atoms with Crippen molar-refractivity contribution in [1.82, 2.24) is 0 Å². The minimum Gasteiger partial charge on any atom is -0.389 e. The van der Waals surface area contributed by atoms with E-state index in [1.54, 1.807) is 0 Å². The lowest BCUT2D eigenvalue weighted by molar-refractivity contribution is 0.213. The highest BCUT2D eigenvalue weighted by Gasteiger charge is 1.98. The normalized spacial score (nSPS) is 13.4. The molecule has 0 aromatic heterocycles. The Morgan fingerprint density at radius 2 is 2.00 bits per heavy atom. The molecule has 1 heteroatoms. The van der Waals surface area contributed by atoms with Crippen molar-refractivity contribution in [2.75, 3.05) is 0 Å². The van der Waals surface area contributed by atoms with Gasteiger partial charge in [-0.2, -0.15) is 0 Å². The summed E-state index contributed by atoms with van der Waals surface area (Å²) in [4.78, 5) is 0. The minimum absolute atomic E-state index is 0.301. The fourth-order valence-corrected chi connectivity index (χ4v) is 1.28. The molecule has 1 aromatic rings. The van der Waals surface area contributed by atoms with Crippen LogP contribution in [0.1, 0.15) is 18.9 Å². The van der Waals surface area contributed by atoms with E-state index >= 15 is 0 Å². The quantitative estimate of drug-likeness (QED) is 0.699. The molecule has 0 saturated heterocycles. The molecule has 0 saturated carbocycles. The predicted octanol–water partition coefficient (Wildman–Crippen LogP) is 2.56. The van der Waals surface area contributed by atoms with Gasteiger partial charge in [0, 0.05) is 0 Å². The summed E-state index contributed by atoms with van der Waals surface area (Å²) >= 11 is 0. The van der Waals surface area contributed by atoms with Crippen molar-refractivity contribution in [3.63, 3.8) is 0 Å². The molecule has 0 aliphatic rings. The van der Waals surface area contributed by atoms with Gasteiger partial charge < -0.3 is 5.11 Å². The Hall–Kier alpha value is -1.08. The van der Waals surface area contributed by atoms with E-state index in [9.17, 15) is 5.11 Å². The number of aliphatic hydroxyl groups excluding tert-OH is 1. The second kappa shape index (κ2) is 5.55. The van der Waals surface area contributed by atoms with Crippen LogP contribution in [0, 0.1) is 0 Å². The highest BCUT2D eigenvalue weighted by atomic mass is 16.3. The second-order valence-corrected chi connectivity index (χ2v) is 3.12. The van der Waals surface area contributed by atoms with Crippen molar-refractivity contribution >= 4 is 0 Å². The molecule has 1 aromatic carbocycles. The monoisotopic (exact) mass is 176 g/mol. The van der Waals surface area contributed by atoms with Crippen molar-refractivity contribution in [1.29, 1.82) is 0 Å². The number of hydrogen-bond donors (Lipinski definition) is 1. The van der Waals surface area contributed by atoms with Gasteiger partial charge in [0.15, 0.2) is 0 Å². The van der Waals surface area contributed by atoms with Gasteiger partial charge in [-0.1, -0.05) is 42.5 Å². The molecule has 13 heavy (non-hydrogen) atoms.